The van der Waals surface area contributed by atoms with E-state index in [4.69, 9.17) is 10.5 Å². The third kappa shape index (κ3) is 9.69. The van der Waals surface area contributed by atoms with Gasteiger partial charge in [0.1, 0.15) is 0 Å². The van der Waals surface area contributed by atoms with Crippen molar-refractivity contribution in [2.45, 2.75) is 13.0 Å². The summed E-state index contributed by atoms with van der Waals surface area (Å²) in [6.45, 7) is 2.96. The topological polar surface area (TPSA) is 106 Å². The summed E-state index contributed by atoms with van der Waals surface area (Å²) in [6, 6.07) is 0.0663. The van der Waals surface area contributed by atoms with E-state index in [9.17, 15) is 8.42 Å². The van der Waals surface area contributed by atoms with Gasteiger partial charge in [-0.2, -0.15) is 0 Å². The van der Waals surface area contributed by atoms with Crippen molar-refractivity contribution in [2.75, 3.05) is 33.1 Å². The Hall–Kier alpha value is -0.860. The fourth-order valence-corrected chi connectivity index (χ4v) is 1.46. The first-order valence-corrected chi connectivity index (χ1v) is 6.74. The van der Waals surface area contributed by atoms with E-state index in [0.29, 0.717) is 13.2 Å². The lowest BCUT2D eigenvalue weighted by Crippen LogP contribution is -2.41. The molecule has 0 heterocycles. The molecule has 0 aromatic carbocycles. The second kappa shape index (κ2) is 7.42. The van der Waals surface area contributed by atoms with Gasteiger partial charge in [-0.15, -0.1) is 0 Å². The van der Waals surface area contributed by atoms with Crippen LogP contribution in [-0.2, 0) is 14.8 Å². The zero-order chi connectivity index (χ0) is 12.6. The molecule has 8 heteroatoms. The van der Waals surface area contributed by atoms with E-state index in [-0.39, 0.29) is 18.5 Å². The van der Waals surface area contributed by atoms with Gasteiger partial charge in [-0.3, -0.25) is 4.99 Å². The van der Waals surface area contributed by atoms with Crippen LogP contribution >= 0.6 is 0 Å². The minimum Gasteiger partial charge on any atom is -0.383 e. The molecule has 0 aliphatic heterocycles. The lowest BCUT2D eigenvalue weighted by Gasteiger charge is -2.12. The number of nitrogens with one attached hydrogen (secondary N) is 2. The van der Waals surface area contributed by atoms with Crippen LogP contribution in [0.4, 0.5) is 0 Å². The normalized spacial score (nSPS) is 14.8. The van der Waals surface area contributed by atoms with E-state index >= 15 is 0 Å². The molecule has 1 atom stereocenters. The molecule has 0 bridgehead atoms. The maximum Gasteiger partial charge on any atom is 0.208 e. The van der Waals surface area contributed by atoms with Gasteiger partial charge in [0.05, 0.1) is 19.4 Å². The first kappa shape index (κ1) is 15.1. The van der Waals surface area contributed by atoms with Gasteiger partial charge in [0.2, 0.25) is 10.0 Å². The van der Waals surface area contributed by atoms with Crippen LogP contribution in [0.25, 0.3) is 0 Å². The second-order valence-electron chi connectivity index (χ2n) is 3.43. The van der Waals surface area contributed by atoms with E-state index in [2.05, 4.69) is 15.0 Å². The highest BCUT2D eigenvalue weighted by atomic mass is 32.2. The van der Waals surface area contributed by atoms with Gasteiger partial charge >= 0.3 is 0 Å². The van der Waals surface area contributed by atoms with E-state index in [0.717, 1.165) is 6.26 Å². The summed E-state index contributed by atoms with van der Waals surface area (Å²) >= 11 is 0. The highest BCUT2D eigenvalue weighted by molar-refractivity contribution is 7.88. The standard InChI is InChI=1S/C8H20N4O3S/c1-7(6-15-2)12-8(9)10-4-5-11-16(3,13)14/h7,11H,4-6H2,1-3H3,(H3,9,10,12). The molecular formula is C8H20N4O3S. The number of hydrogen-bond acceptors (Lipinski definition) is 4. The van der Waals surface area contributed by atoms with Gasteiger partial charge in [0.15, 0.2) is 5.96 Å². The number of ether oxygens (including phenoxy) is 1. The first-order valence-electron chi connectivity index (χ1n) is 4.85. The second-order valence-corrected chi connectivity index (χ2v) is 5.27. The Labute approximate surface area is 96.5 Å². The number of nitrogens with zero attached hydrogens (tertiary/aromatic N) is 1. The Morgan fingerprint density at radius 2 is 2.19 bits per heavy atom. The smallest absolute Gasteiger partial charge is 0.208 e. The Morgan fingerprint density at radius 3 is 2.69 bits per heavy atom. The van der Waals surface area contributed by atoms with Crippen molar-refractivity contribution in [1.29, 1.82) is 0 Å². The van der Waals surface area contributed by atoms with Crippen LogP contribution in [0.3, 0.4) is 0 Å². The molecule has 0 fully saturated rings. The molecule has 96 valence electrons. The Morgan fingerprint density at radius 1 is 1.56 bits per heavy atom. The maximum atomic E-state index is 10.7. The largest absolute Gasteiger partial charge is 0.383 e. The number of methoxy groups -OCH3 is 1. The van der Waals surface area contributed by atoms with Gasteiger partial charge in [-0.1, -0.05) is 0 Å². The molecule has 0 saturated carbocycles. The van der Waals surface area contributed by atoms with Crippen molar-refractivity contribution in [1.82, 2.24) is 10.0 Å². The van der Waals surface area contributed by atoms with Gasteiger partial charge in [0.25, 0.3) is 0 Å². The van der Waals surface area contributed by atoms with Gasteiger partial charge in [0, 0.05) is 19.7 Å². The van der Waals surface area contributed by atoms with Crippen molar-refractivity contribution in [2.24, 2.45) is 10.7 Å². The predicted octanol–water partition coefficient (Wildman–Crippen LogP) is -1.53. The predicted molar refractivity (Wildman–Crippen MR) is 63.8 cm³/mol. The molecule has 16 heavy (non-hydrogen) atoms. The van der Waals surface area contributed by atoms with Crippen molar-refractivity contribution >= 4 is 16.0 Å². The monoisotopic (exact) mass is 252 g/mol. The fraction of sp³-hybridized carbons (Fsp3) is 0.875. The third-order valence-electron chi connectivity index (χ3n) is 1.57. The van der Waals surface area contributed by atoms with Gasteiger partial charge in [-0.05, 0) is 6.92 Å². The van der Waals surface area contributed by atoms with Crippen LogP contribution in [0, 0.1) is 0 Å². The Kier molecular flexibility index (Phi) is 7.02. The molecule has 1 unspecified atom stereocenters. The fourth-order valence-electron chi connectivity index (χ4n) is 0.997. The lowest BCUT2D eigenvalue weighted by atomic mass is 10.4. The lowest BCUT2D eigenvalue weighted by molar-refractivity contribution is 0.179. The van der Waals surface area contributed by atoms with Crippen molar-refractivity contribution in [3.63, 3.8) is 0 Å². The third-order valence-corrected chi connectivity index (χ3v) is 2.30. The molecule has 0 aromatic heterocycles. The van der Waals surface area contributed by atoms with Gasteiger partial charge < -0.3 is 15.8 Å². The van der Waals surface area contributed by atoms with Crippen LogP contribution in [0.2, 0.25) is 0 Å². The summed E-state index contributed by atoms with van der Waals surface area (Å²) in [4.78, 5) is 3.95. The van der Waals surface area contributed by atoms with E-state index in [1.807, 2.05) is 6.92 Å². The zero-order valence-corrected chi connectivity index (χ0v) is 10.7. The number of guanidine groups is 1. The SMILES string of the molecule is COCC(C)NC(N)=NCCNS(C)(=O)=O. The number of rotatable bonds is 7. The highest BCUT2D eigenvalue weighted by Gasteiger charge is 2.01. The van der Waals surface area contributed by atoms with Crippen molar-refractivity contribution < 1.29 is 13.2 Å². The molecule has 0 radical (unpaired) electrons. The number of hydrogen-bond donors (Lipinski definition) is 3. The minimum atomic E-state index is -3.15. The summed E-state index contributed by atoms with van der Waals surface area (Å²) in [7, 11) is -1.56. The van der Waals surface area contributed by atoms with Crippen molar-refractivity contribution in [3.8, 4) is 0 Å². The maximum absolute atomic E-state index is 10.7. The number of sulfonamides is 1. The molecule has 0 spiro atoms. The van der Waals surface area contributed by atoms with Gasteiger partial charge in [-0.25, -0.2) is 13.1 Å². The molecule has 7 nitrogen and oxygen atoms in total. The Balaban J connectivity index is 3.79. The zero-order valence-electron chi connectivity index (χ0n) is 9.86. The quantitative estimate of drug-likeness (QED) is 0.290. The summed E-state index contributed by atoms with van der Waals surface area (Å²) in [5, 5.41) is 2.90. The molecule has 0 aromatic rings. The van der Waals surface area contributed by atoms with Crippen LogP contribution in [0.15, 0.2) is 4.99 Å². The van der Waals surface area contributed by atoms with E-state index in [1.54, 1.807) is 7.11 Å². The molecular weight excluding hydrogens is 232 g/mol. The molecule has 0 aliphatic rings. The van der Waals surface area contributed by atoms with Crippen molar-refractivity contribution in [3.05, 3.63) is 0 Å². The van der Waals surface area contributed by atoms with Crippen LogP contribution < -0.4 is 15.8 Å². The highest BCUT2D eigenvalue weighted by Crippen LogP contribution is 1.81. The molecule has 0 saturated heterocycles. The van der Waals surface area contributed by atoms with Crippen LogP contribution in [0.5, 0.6) is 0 Å². The summed E-state index contributed by atoms with van der Waals surface area (Å²) in [5.74, 6) is 0.278. The molecule has 0 rings (SSSR count). The van der Waals surface area contributed by atoms with Crippen LogP contribution in [0.1, 0.15) is 6.92 Å². The summed E-state index contributed by atoms with van der Waals surface area (Å²) in [5.41, 5.74) is 5.56. The average Bonchev–Trinajstić information content (AvgIpc) is 2.11. The molecule has 0 amide bonds. The number of nitrogens with two attached hydrogens (primary N) is 1. The molecule has 0 aliphatic carbocycles. The van der Waals surface area contributed by atoms with E-state index < -0.39 is 10.0 Å². The average molecular weight is 252 g/mol. The summed E-state index contributed by atoms with van der Waals surface area (Å²) < 4.78 is 28.7. The molecule has 4 N–H and O–H groups in total. The summed E-state index contributed by atoms with van der Waals surface area (Å²) in [6.07, 6.45) is 1.10. The first-order chi connectivity index (χ1) is 7.35. The van der Waals surface area contributed by atoms with E-state index in [1.165, 1.54) is 0 Å². The Bertz CT molecular complexity index is 315. The van der Waals surface area contributed by atoms with Crippen LogP contribution in [-0.4, -0.2) is 53.5 Å². The number of aliphatic imine (C=N–C) groups is 1. The minimum absolute atomic E-state index is 0.0663.